The molecule has 0 fully saturated rings. The van der Waals surface area contributed by atoms with Crippen LogP contribution >= 0.6 is 0 Å². The van der Waals surface area contributed by atoms with E-state index in [9.17, 15) is 14.8 Å². The van der Waals surface area contributed by atoms with Crippen LogP contribution in [0.2, 0.25) is 0 Å². The van der Waals surface area contributed by atoms with Gasteiger partial charge in [0.1, 0.15) is 0 Å². The molecule has 0 aliphatic carbocycles. The summed E-state index contributed by atoms with van der Waals surface area (Å²) in [6, 6.07) is 8.31. The largest absolute Gasteiger partial charge is 0.488 e. The average Bonchev–Trinajstić information content (AvgIpc) is 2.33. The summed E-state index contributed by atoms with van der Waals surface area (Å²) in [6.07, 6.45) is 1.46. The van der Waals surface area contributed by atoms with E-state index in [4.69, 9.17) is 0 Å². The second-order valence-corrected chi connectivity index (χ2v) is 4.07. The van der Waals surface area contributed by atoms with Crippen LogP contribution in [0, 0.1) is 6.92 Å². The van der Waals surface area contributed by atoms with E-state index in [0.29, 0.717) is 16.7 Å². The maximum atomic E-state index is 11.7. The Morgan fingerprint density at radius 3 is 2.72 bits per heavy atom. The van der Waals surface area contributed by atoms with Crippen LogP contribution in [-0.2, 0) is 6.54 Å². The SMILES string of the molecule is Cc1cc(=O)n(Cc2ccccc2B(O)O)cn1. The number of aromatic nitrogens is 2. The van der Waals surface area contributed by atoms with Crippen molar-refractivity contribution in [3.05, 3.63) is 58.3 Å². The standard InChI is InChI=1S/C12H13BN2O3/c1-9-6-12(16)15(8-14-9)7-10-4-2-3-5-11(10)13(17)18/h2-6,8,17-18H,7H2,1H3. The number of hydrogen-bond donors (Lipinski definition) is 2. The molecule has 1 aromatic carbocycles. The number of hydrogen-bond acceptors (Lipinski definition) is 4. The zero-order valence-corrected chi connectivity index (χ0v) is 9.95. The second kappa shape index (κ2) is 5.16. The molecule has 92 valence electrons. The maximum absolute atomic E-state index is 11.7. The van der Waals surface area contributed by atoms with Gasteiger partial charge in [0.15, 0.2) is 0 Å². The first-order valence-corrected chi connectivity index (χ1v) is 5.55. The summed E-state index contributed by atoms with van der Waals surface area (Å²) in [5.74, 6) is 0. The highest BCUT2D eigenvalue weighted by Gasteiger charge is 2.15. The van der Waals surface area contributed by atoms with E-state index in [1.54, 1.807) is 31.2 Å². The van der Waals surface area contributed by atoms with Crippen molar-refractivity contribution >= 4 is 12.6 Å². The molecule has 0 spiro atoms. The van der Waals surface area contributed by atoms with Gasteiger partial charge < -0.3 is 10.0 Å². The lowest BCUT2D eigenvalue weighted by molar-refractivity contribution is 0.425. The number of nitrogens with zero attached hydrogens (tertiary/aromatic N) is 2. The Balaban J connectivity index is 2.37. The Bertz CT molecular complexity index is 610. The molecular formula is C12H13BN2O3. The molecule has 2 aromatic rings. The summed E-state index contributed by atoms with van der Waals surface area (Å²) in [4.78, 5) is 15.8. The Hall–Kier alpha value is -1.92. The fourth-order valence-electron chi connectivity index (χ4n) is 1.75. The molecule has 1 aromatic heterocycles. The van der Waals surface area contributed by atoms with Crippen molar-refractivity contribution in [2.24, 2.45) is 0 Å². The highest BCUT2D eigenvalue weighted by Crippen LogP contribution is 1.99. The van der Waals surface area contributed by atoms with Crippen LogP contribution in [-0.4, -0.2) is 26.7 Å². The Morgan fingerprint density at radius 2 is 2.06 bits per heavy atom. The van der Waals surface area contributed by atoms with Crippen molar-refractivity contribution in [1.82, 2.24) is 9.55 Å². The van der Waals surface area contributed by atoms with E-state index in [2.05, 4.69) is 4.98 Å². The summed E-state index contributed by atoms with van der Waals surface area (Å²) in [7, 11) is -1.55. The molecular weight excluding hydrogens is 231 g/mol. The molecule has 0 aliphatic rings. The quantitative estimate of drug-likeness (QED) is 0.698. The minimum absolute atomic E-state index is 0.162. The Labute approximate surface area is 105 Å². The third-order valence-electron chi connectivity index (χ3n) is 2.69. The van der Waals surface area contributed by atoms with Gasteiger partial charge in [-0.25, -0.2) is 4.98 Å². The van der Waals surface area contributed by atoms with Crippen molar-refractivity contribution in [2.75, 3.05) is 0 Å². The third-order valence-corrected chi connectivity index (χ3v) is 2.69. The lowest BCUT2D eigenvalue weighted by Crippen LogP contribution is -2.34. The monoisotopic (exact) mass is 244 g/mol. The molecule has 0 radical (unpaired) electrons. The average molecular weight is 244 g/mol. The highest BCUT2D eigenvalue weighted by molar-refractivity contribution is 6.59. The molecule has 0 bridgehead atoms. The molecule has 0 atom stereocenters. The first kappa shape index (κ1) is 12.5. The Morgan fingerprint density at radius 1 is 1.33 bits per heavy atom. The van der Waals surface area contributed by atoms with Gasteiger partial charge in [-0.2, -0.15) is 0 Å². The molecule has 18 heavy (non-hydrogen) atoms. The van der Waals surface area contributed by atoms with Crippen molar-refractivity contribution in [2.45, 2.75) is 13.5 Å². The molecule has 0 amide bonds. The fourth-order valence-corrected chi connectivity index (χ4v) is 1.75. The van der Waals surface area contributed by atoms with Gasteiger partial charge >= 0.3 is 7.12 Å². The van der Waals surface area contributed by atoms with Crippen LogP contribution in [0.4, 0.5) is 0 Å². The molecule has 0 saturated carbocycles. The molecule has 0 saturated heterocycles. The van der Waals surface area contributed by atoms with Crippen LogP contribution < -0.4 is 11.0 Å². The second-order valence-electron chi connectivity index (χ2n) is 4.07. The van der Waals surface area contributed by atoms with Gasteiger partial charge in [0.25, 0.3) is 5.56 Å². The van der Waals surface area contributed by atoms with E-state index in [-0.39, 0.29) is 12.1 Å². The van der Waals surface area contributed by atoms with Gasteiger partial charge in [0.05, 0.1) is 12.9 Å². The lowest BCUT2D eigenvalue weighted by Gasteiger charge is -2.10. The molecule has 0 aliphatic heterocycles. The normalized spacial score (nSPS) is 10.4. The van der Waals surface area contributed by atoms with E-state index in [0.717, 1.165) is 0 Å². The van der Waals surface area contributed by atoms with Crippen molar-refractivity contribution in [3.63, 3.8) is 0 Å². The predicted molar refractivity (Wildman–Crippen MR) is 68.6 cm³/mol. The number of aryl methyl sites for hydroxylation is 1. The highest BCUT2D eigenvalue weighted by atomic mass is 16.4. The van der Waals surface area contributed by atoms with Gasteiger partial charge in [0, 0.05) is 11.8 Å². The number of rotatable bonds is 3. The zero-order valence-electron chi connectivity index (χ0n) is 9.95. The van der Waals surface area contributed by atoms with Crippen molar-refractivity contribution < 1.29 is 10.0 Å². The van der Waals surface area contributed by atoms with Crippen LogP contribution in [0.5, 0.6) is 0 Å². The van der Waals surface area contributed by atoms with Gasteiger partial charge in [-0.15, -0.1) is 0 Å². The van der Waals surface area contributed by atoms with Crippen LogP contribution in [0.1, 0.15) is 11.3 Å². The van der Waals surface area contributed by atoms with E-state index >= 15 is 0 Å². The van der Waals surface area contributed by atoms with E-state index in [1.807, 2.05) is 0 Å². The fraction of sp³-hybridized carbons (Fsp3) is 0.167. The minimum atomic E-state index is -1.55. The first-order chi connectivity index (χ1) is 8.58. The number of benzene rings is 1. The summed E-state index contributed by atoms with van der Waals surface area (Å²) < 4.78 is 1.42. The van der Waals surface area contributed by atoms with Crippen molar-refractivity contribution in [1.29, 1.82) is 0 Å². The van der Waals surface area contributed by atoms with Gasteiger partial charge in [-0.1, -0.05) is 24.3 Å². The first-order valence-electron chi connectivity index (χ1n) is 5.55. The summed E-state index contributed by atoms with van der Waals surface area (Å²) in [5.41, 5.74) is 1.57. The molecule has 2 N–H and O–H groups in total. The molecule has 6 heteroatoms. The third kappa shape index (κ3) is 2.66. The van der Waals surface area contributed by atoms with Crippen LogP contribution in [0.15, 0.2) is 41.5 Å². The van der Waals surface area contributed by atoms with Crippen molar-refractivity contribution in [3.8, 4) is 0 Å². The van der Waals surface area contributed by atoms with Gasteiger partial charge in [-0.05, 0) is 17.9 Å². The topological polar surface area (TPSA) is 75.4 Å². The minimum Gasteiger partial charge on any atom is -0.423 e. The summed E-state index contributed by atoms with van der Waals surface area (Å²) >= 11 is 0. The molecule has 1 heterocycles. The molecule has 5 nitrogen and oxygen atoms in total. The summed E-state index contributed by atoms with van der Waals surface area (Å²) in [6.45, 7) is 2.01. The van der Waals surface area contributed by atoms with Crippen LogP contribution in [0.3, 0.4) is 0 Å². The summed E-state index contributed by atoms with van der Waals surface area (Å²) in [5, 5.41) is 18.5. The molecule has 0 unspecified atom stereocenters. The lowest BCUT2D eigenvalue weighted by atomic mass is 9.77. The predicted octanol–water partition coefficient (Wildman–Crippen LogP) is -0.720. The zero-order chi connectivity index (χ0) is 13.1. The molecule has 2 rings (SSSR count). The van der Waals surface area contributed by atoms with Gasteiger partial charge in [0.2, 0.25) is 0 Å². The smallest absolute Gasteiger partial charge is 0.423 e. The maximum Gasteiger partial charge on any atom is 0.488 e. The van der Waals surface area contributed by atoms with Crippen LogP contribution in [0.25, 0.3) is 0 Å². The Kier molecular flexibility index (Phi) is 3.59. The van der Waals surface area contributed by atoms with E-state index in [1.165, 1.54) is 17.0 Å². The van der Waals surface area contributed by atoms with Gasteiger partial charge in [-0.3, -0.25) is 9.36 Å². The van der Waals surface area contributed by atoms with E-state index < -0.39 is 7.12 Å².